The molecular weight excluding hydrogens is 472 g/mol. The van der Waals surface area contributed by atoms with Crippen molar-refractivity contribution < 1.29 is 29.3 Å². The minimum atomic E-state index is -1.43. The Labute approximate surface area is 207 Å². The van der Waals surface area contributed by atoms with E-state index in [-0.39, 0.29) is 28.9 Å². The predicted octanol–water partition coefficient (Wildman–Crippen LogP) is -1.71. The van der Waals surface area contributed by atoms with Crippen LogP contribution in [0.2, 0.25) is 0 Å². The van der Waals surface area contributed by atoms with Gasteiger partial charge in [0.1, 0.15) is 17.7 Å². The molecule has 0 saturated carbocycles. The van der Waals surface area contributed by atoms with Crippen LogP contribution in [0.4, 0.5) is 10.6 Å². The zero-order valence-corrected chi connectivity index (χ0v) is 20.1. The van der Waals surface area contributed by atoms with Gasteiger partial charge in [0.15, 0.2) is 23.8 Å². The highest BCUT2D eigenvalue weighted by Crippen LogP contribution is 2.32. The number of rotatable bonds is 5. The number of nitrogens with zero attached hydrogens (tertiary/aromatic N) is 6. The number of aromatic nitrogens is 4. The van der Waals surface area contributed by atoms with Crippen LogP contribution in [-0.4, -0.2) is 116 Å². The van der Waals surface area contributed by atoms with Crippen LogP contribution in [0.5, 0.6) is 0 Å². The average molecular weight is 503 g/mol. The first-order valence-electron chi connectivity index (χ1n) is 11.8. The summed E-state index contributed by atoms with van der Waals surface area (Å²) < 4.78 is 12.1. The second-order valence-corrected chi connectivity index (χ2v) is 8.34. The largest absolute Gasteiger partial charge is 0.450 e. The Kier molecular flexibility index (Phi) is 7.85. The maximum atomic E-state index is 12.2. The maximum Gasteiger partial charge on any atom is 0.409 e. The molecule has 0 aromatic carbocycles. The van der Waals surface area contributed by atoms with E-state index in [9.17, 15) is 19.8 Å². The van der Waals surface area contributed by atoms with Gasteiger partial charge in [0.25, 0.3) is 5.91 Å². The maximum absolute atomic E-state index is 12.2. The molecule has 4 atom stereocenters. The van der Waals surface area contributed by atoms with Gasteiger partial charge in [0, 0.05) is 32.7 Å². The fourth-order valence-electron chi connectivity index (χ4n) is 4.10. The minimum Gasteiger partial charge on any atom is -0.450 e. The molecule has 5 N–H and O–H groups in total. The van der Waals surface area contributed by atoms with E-state index in [1.54, 1.807) is 18.7 Å². The number of piperazine rings is 1. The molecule has 0 bridgehead atoms. The molecule has 194 valence electrons. The summed E-state index contributed by atoms with van der Waals surface area (Å²) in [4.78, 5) is 40.6. The smallest absolute Gasteiger partial charge is 0.409 e. The summed E-state index contributed by atoms with van der Waals surface area (Å²) in [5, 5.41) is 23.4. The third kappa shape index (κ3) is 5.19. The van der Waals surface area contributed by atoms with Crippen LogP contribution in [0.25, 0.3) is 11.2 Å². The second-order valence-electron chi connectivity index (χ2n) is 8.34. The number of aliphatic hydroxyl groups is 2. The van der Waals surface area contributed by atoms with Crippen molar-refractivity contribution >= 4 is 29.0 Å². The van der Waals surface area contributed by atoms with Gasteiger partial charge in [-0.2, -0.15) is 0 Å². The van der Waals surface area contributed by atoms with Crippen LogP contribution in [0.1, 0.15) is 25.9 Å². The fraction of sp³-hybridized carbons (Fsp3) is 0.591. The van der Waals surface area contributed by atoms with Crippen molar-refractivity contribution in [3.63, 3.8) is 0 Å². The van der Waals surface area contributed by atoms with Gasteiger partial charge in [-0.05, 0) is 19.8 Å². The molecule has 1 unspecified atom stereocenters. The number of carbonyl (C=O) groups excluding carboxylic acids is 2. The van der Waals surface area contributed by atoms with Crippen molar-refractivity contribution in [2.24, 2.45) is 0 Å². The van der Waals surface area contributed by atoms with Crippen molar-refractivity contribution in [1.29, 1.82) is 0 Å². The van der Waals surface area contributed by atoms with E-state index >= 15 is 0 Å². The van der Waals surface area contributed by atoms with Crippen LogP contribution < -0.4 is 11.1 Å². The number of aliphatic hydroxyl groups excluding tert-OH is 2. The van der Waals surface area contributed by atoms with Crippen LogP contribution in [0.3, 0.4) is 0 Å². The van der Waals surface area contributed by atoms with Crippen molar-refractivity contribution in [3.8, 4) is 11.8 Å². The van der Waals surface area contributed by atoms with Gasteiger partial charge >= 0.3 is 6.09 Å². The number of carbonyl (C=O) groups is 2. The van der Waals surface area contributed by atoms with Gasteiger partial charge in [-0.3, -0.25) is 14.3 Å². The first-order chi connectivity index (χ1) is 17.3. The van der Waals surface area contributed by atoms with E-state index in [4.69, 9.17) is 15.2 Å². The van der Waals surface area contributed by atoms with Crippen LogP contribution >= 0.6 is 0 Å². The van der Waals surface area contributed by atoms with Gasteiger partial charge in [0.05, 0.1) is 19.5 Å². The van der Waals surface area contributed by atoms with E-state index in [0.717, 1.165) is 0 Å². The Morgan fingerprint density at radius 2 is 1.97 bits per heavy atom. The molecule has 2 amide bonds. The Bertz CT molecular complexity index is 1170. The van der Waals surface area contributed by atoms with Gasteiger partial charge in [-0.15, -0.1) is 0 Å². The first-order valence-corrected chi connectivity index (χ1v) is 11.8. The zero-order valence-electron chi connectivity index (χ0n) is 20.1. The lowest BCUT2D eigenvalue weighted by molar-refractivity contribution is -0.137. The van der Waals surface area contributed by atoms with Crippen LogP contribution in [0.15, 0.2) is 6.33 Å². The molecule has 2 aromatic heterocycles. The van der Waals surface area contributed by atoms with E-state index < -0.39 is 30.4 Å². The molecule has 0 spiro atoms. The number of nitrogens with one attached hydrogen (secondary N) is 1. The Balaban J connectivity index is 1.47. The number of anilines is 1. The topological polar surface area (TPSA) is 181 Å². The zero-order chi connectivity index (χ0) is 25.8. The molecule has 14 nitrogen and oxygen atoms in total. The van der Waals surface area contributed by atoms with Gasteiger partial charge in [-0.1, -0.05) is 5.92 Å². The quantitative estimate of drug-likeness (QED) is 0.342. The van der Waals surface area contributed by atoms with Crippen LogP contribution in [-0.2, 0) is 14.3 Å². The third-order valence-electron chi connectivity index (χ3n) is 5.97. The molecule has 14 heteroatoms. The Morgan fingerprint density at radius 3 is 2.67 bits per heavy atom. The van der Waals surface area contributed by atoms with Gasteiger partial charge in [0.2, 0.25) is 5.82 Å². The lowest BCUT2D eigenvalue weighted by Crippen LogP contribution is -2.48. The first kappa shape index (κ1) is 25.6. The molecule has 36 heavy (non-hydrogen) atoms. The van der Waals surface area contributed by atoms with E-state index in [2.05, 4.69) is 37.0 Å². The minimum absolute atomic E-state index is 0.0967. The van der Waals surface area contributed by atoms with E-state index in [1.807, 2.05) is 0 Å². The summed E-state index contributed by atoms with van der Waals surface area (Å²) in [7, 11) is 0. The lowest BCUT2D eigenvalue weighted by atomic mass is 10.1. The molecule has 2 fully saturated rings. The fourth-order valence-corrected chi connectivity index (χ4v) is 4.10. The highest BCUT2D eigenvalue weighted by Gasteiger charge is 2.47. The number of likely N-dealkylation sites (N-methyl/N-ethyl adjacent to an activating group) is 1. The van der Waals surface area contributed by atoms with Crippen molar-refractivity contribution in [3.05, 3.63) is 12.2 Å². The lowest BCUT2D eigenvalue weighted by Gasteiger charge is -2.32. The number of hydrogen-bond acceptors (Lipinski definition) is 11. The number of imidazole rings is 1. The Hall–Kier alpha value is -3.51. The summed E-state index contributed by atoms with van der Waals surface area (Å²) in [5.74, 6) is 5.64. The molecule has 2 aliphatic rings. The van der Waals surface area contributed by atoms with E-state index in [0.29, 0.717) is 45.9 Å². The number of nitrogen functional groups attached to an aromatic ring is 1. The predicted molar refractivity (Wildman–Crippen MR) is 126 cm³/mol. The summed E-state index contributed by atoms with van der Waals surface area (Å²) in [5.41, 5.74) is 6.59. The van der Waals surface area contributed by atoms with Gasteiger partial charge in [-0.25, -0.2) is 19.7 Å². The summed E-state index contributed by atoms with van der Waals surface area (Å²) in [6, 6.07) is 0. The monoisotopic (exact) mass is 502 g/mol. The van der Waals surface area contributed by atoms with Gasteiger partial charge < -0.3 is 35.6 Å². The molecule has 4 rings (SSSR count). The second kappa shape index (κ2) is 11.0. The van der Waals surface area contributed by atoms with Crippen molar-refractivity contribution in [1.82, 2.24) is 34.6 Å². The number of amides is 2. The molecule has 0 aliphatic carbocycles. The summed E-state index contributed by atoms with van der Waals surface area (Å²) in [6.45, 7) is 7.10. The highest BCUT2D eigenvalue weighted by molar-refractivity contribution is 5.83. The Morgan fingerprint density at radius 1 is 1.22 bits per heavy atom. The number of fused-ring (bicyclic) bond motifs is 1. The third-order valence-corrected chi connectivity index (χ3v) is 5.97. The summed E-state index contributed by atoms with van der Waals surface area (Å²) in [6.07, 6.45) is -4.13. The van der Waals surface area contributed by atoms with Crippen molar-refractivity contribution in [2.75, 3.05) is 51.6 Å². The molecule has 2 saturated heterocycles. The normalized spacial score (nSPS) is 24.4. The van der Waals surface area contributed by atoms with Crippen LogP contribution in [0, 0.1) is 11.8 Å². The number of ether oxygens (including phenoxy) is 2. The molecule has 2 aromatic rings. The molecule has 4 heterocycles. The molecular formula is C22H30N8O6. The highest BCUT2D eigenvalue weighted by atomic mass is 16.6. The molecule has 2 aliphatic heterocycles. The standard InChI is InChI=1S/C22H30N8O6/c1-3-24-20(33)17-15(31)16(32)21(36-17)30-12-25-14-18(23)26-13(27-19(14)30)6-5-7-28-8-10-29(11-9-28)22(34)35-4-2/h12,15-17,21,31-32H,3-4,7-11H2,1-2H3,(H,24,33)(H2,23,26,27)/t15?,16-,17-,21+/m0/s1. The molecule has 0 radical (unpaired) electrons. The summed E-state index contributed by atoms with van der Waals surface area (Å²) >= 11 is 0. The average Bonchev–Trinajstić information content (AvgIpc) is 3.41. The number of hydrogen-bond donors (Lipinski definition) is 4. The number of nitrogens with two attached hydrogens (primary N) is 1. The van der Waals surface area contributed by atoms with E-state index in [1.165, 1.54) is 10.9 Å². The SMILES string of the molecule is CCNC(=O)[C@H]1O[C@@H](n2cnc3c(N)nc(C#CCN4CCN(C(=O)OCC)CC4)nc32)[C@@H](O)C1O. The van der Waals surface area contributed by atoms with Crippen molar-refractivity contribution in [2.45, 2.75) is 38.4 Å².